The maximum Gasteiger partial charge on any atom is 0.319 e. The summed E-state index contributed by atoms with van der Waals surface area (Å²) in [6, 6.07) is 3.27. The van der Waals surface area contributed by atoms with Gasteiger partial charge in [-0.2, -0.15) is 0 Å². The van der Waals surface area contributed by atoms with Gasteiger partial charge in [-0.15, -0.1) is 0 Å². The van der Waals surface area contributed by atoms with E-state index in [1.807, 2.05) is 26.0 Å². The van der Waals surface area contributed by atoms with Crippen LogP contribution >= 0.6 is 0 Å². The molecule has 0 saturated heterocycles. The average molecular weight is 266 g/mol. The van der Waals surface area contributed by atoms with Gasteiger partial charge in [0.1, 0.15) is 5.75 Å². The number of aryl methyl sites for hydroxylation is 1. The van der Waals surface area contributed by atoms with Crippen LogP contribution in [0, 0.1) is 13.8 Å². The van der Waals surface area contributed by atoms with E-state index >= 15 is 0 Å². The lowest BCUT2D eigenvalue weighted by molar-refractivity contribution is -0.136. The molecule has 0 atom stereocenters. The van der Waals surface area contributed by atoms with E-state index in [0.29, 0.717) is 11.4 Å². The van der Waals surface area contributed by atoms with Crippen LogP contribution in [0.15, 0.2) is 12.1 Å². The normalized spacial score (nSPS) is 9.84. The van der Waals surface area contributed by atoms with E-state index in [0.717, 1.165) is 11.1 Å². The van der Waals surface area contributed by atoms with Crippen LogP contribution in [0.4, 0.5) is 10.5 Å². The fourth-order valence-corrected chi connectivity index (χ4v) is 1.62. The largest absolute Gasteiger partial charge is 0.496 e. The molecule has 6 heteroatoms. The molecule has 1 rings (SSSR count). The van der Waals surface area contributed by atoms with Gasteiger partial charge < -0.3 is 20.5 Å². The van der Waals surface area contributed by atoms with Crippen LogP contribution in [0.1, 0.15) is 17.5 Å². The Morgan fingerprint density at radius 1 is 1.32 bits per heavy atom. The van der Waals surface area contributed by atoms with E-state index < -0.39 is 12.0 Å². The lowest BCUT2D eigenvalue weighted by Gasteiger charge is -2.13. The Bertz CT molecular complexity index is 486. The van der Waals surface area contributed by atoms with Crippen molar-refractivity contribution in [2.45, 2.75) is 20.3 Å². The van der Waals surface area contributed by atoms with Crippen LogP contribution in [0.3, 0.4) is 0 Å². The Hall–Kier alpha value is -2.24. The Morgan fingerprint density at radius 2 is 2.00 bits per heavy atom. The minimum Gasteiger partial charge on any atom is -0.496 e. The maximum atomic E-state index is 11.6. The van der Waals surface area contributed by atoms with E-state index in [4.69, 9.17) is 9.84 Å². The number of hydrogen-bond donors (Lipinski definition) is 3. The first kappa shape index (κ1) is 14.8. The number of amides is 2. The second-order valence-corrected chi connectivity index (χ2v) is 4.16. The fraction of sp³-hybridized carbons (Fsp3) is 0.385. The number of aliphatic carboxylic acids is 1. The Labute approximate surface area is 111 Å². The first-order chi connectivity index (χ1) is 8.93. The summed E-state index contributed by atoms with van der Waals surface area (Å²) < 4.78 is 5.21. The Balaban J connectivity index is 2.68. The van der Waals surface area contributed by atoms with E-state index in [1.165, 1.54) is 0 Å². The molecule has 0 fully saturated rings. The van der Waals surface area contributed by atoms with Gasteiger partial charge in [-0.3, -0.25) is 4.79 Å². The number of hydrogen-bond acceptors (Lipinski definition) is 3. The molecule has 1 aromatic rings. The van der Waals surface area contributed by atoms with Crippen LogP contribution in [0.2, 0.25) is 0 Å². The maximum absolute atomic E-state index is 11.6. The molecule has 0 spiro atoms. The number of carbonyl (C=O) groups is 2. The van der Waals surface area contributed by atoms with E-state index in [1.54, 1.807) is 7.11 Å². The van der Waals surface area contributed by atoms with Crippen molar-refractivity contribution in [1.82, 2.24) is 5.32 Å². The van der Waals surface area contributed by atoms with Gasteiger partial charge in [-0.25, -0.2) is 4.79 Å². The molecule has 3 N–H and O–H groups in total. The zero-order valence-electron chi connectivity index (χ0n) is 11.2. The SMILES string of the molecule is COc1cc(C)cc(NC(=O)NCCC(=O)O)c1C. The zero-order valence-corrected chi connectivity index (χ0v) is 11.2. The van der Waals surface area contributed by atoms with Crippen molar-refractivity contribution >= 4 is 17.7 Å². The minimum atomic E-state index is -0.950. The number of benzene rings is 1. The van der Waals surface area contributed by atoms with Crippen molar-refractivity contribution in [3.63, 3.8) is 0 Å². The molecule has 1 aromatic carbocycles. The highest BCUT2D eigenvalue weighted by atomic mass is 16.5. The van der Waals surface area contributed by atoms with Gasteiger partial charge >= 0.3 is 12.0 Å². The summed E-state index contributed by atoms with van der Waals surface area (Å²) in [6.07, 6.45) is -0.108. The second kappa shape index (κ2) is 6.63. The first-order valence-corrected chi connectivity index (χ1v) is 5.86. The van der Waals surface area contributed by atoms with Crippen molar-refractivity contribution < 1.29 is 19.4 Å². The quantitative estimate of drug-likeness (QED) is 0.759. The average Bonchev–Trinajstić information content (AvgIpc) is 2.32. The summed E-state index contributed by atoms with van der Waals surface area (Å²) in [6.45, 7) is 3.82. The van der Waals surface area contributed by atoms with Gasteiger partial charge in [0.15, 0.2) is 0 Å². The summed E-state index contributed by atoms with van der Waals surface area (Å²) >= 11 is 0. The van der Waals surface area contributed by atoms with Crippen LogP contribution in [-0.2, 0) is 4.79 Å². The first-order valence-electron chi connectivity index (χ1n) is 5.86. The molecular weight excluding hydrogens is 248 g/mol. The molecule has 0 aliphatic carbocycles. The van der Waals surface area contributed by atoms with Gasteiger partial charge in [-0.1, -0.05) is 0 Å². The molecule has 0 bridgehead atoms. The highest BCUT2D eigenvalue weighted by Gasteiger charge is 2.09. The minimum absolute atomic E-state index is 0.0865. The van der Waals surface area contributed by atoms with Crippen LogP contribution in [0.5, 0.6) is 5.75 Å². The monoisotopic (exact) mass is 266 g/mol. The highest BCUT2D eigenvalue weighted by Crippen LogP contribution is 2.27. The molecule has 0 aliphatic rings. The van der Waals surface area contributed by atoms with Gasteiger partial charge in [0.2, 0.25) is 0 Å². The number of urea groups is 1. The van der Waals surface area contributed by atoms with Crippen molar-refractivity contribution in [2.75, 3.05) is 19.0 Å². The van der Waals surface area contributed by atoms with Gasteiger partial charge in [0.05, 0.1) is 13.5 Å². The molecule has 2 amide bonds. The number of carboxylic acid groups (broad SMARTS) is 1. The van der Waals surface area contributed by atoms with E-state index in [2.05, 4.69) is 10.6 Å². The summed E-state index contributed by atoms with van der Waals surface area (Å²) in [4.78, 5) is 21.9. The van der Waals surface area contributed by atoms with Gasteiger partial charge in [0.25, 0.3) is 0 Å². The Kier molecular flexibility index (Phi) is 5.17. The molecule has 0 saturated carbocycles. The molecule has 6 nitrogen and oxygen atoms in total. The topological polar surface area (TPSA) is 87.7 Å². The van der Waals surface area contributed by atoms with E-state index in [-0.39, 0.29) is 13.0 Å². The van der Waals surface area contributed by atoms with Crippen molar-refractivity contribution in [3.05, 3.63) is 23.3 Å². The molecule has 104 valence electrons. The highest BCUT2D eigenvalue weighted by molar-refractivity contribution is 5.90. The van der Waals surface area contributed by atoms with Crippen LogP contribution < -0.4 is 15.4 Å². The summed E-state index contributed by atoms with van der Waals surface area (Å²) in [5.74, 6) is -0.255. The molecule has 0 radical (unpaired) electrons. The van der Waals surface area contributed by atoms with Crippen molar-refractivity contribution in [3.8, 4) is 5.75 Å². The van der Waals surface area contributed by atoms with Crippen LogP contribution in [-0.4, -0.2) is 30.8 Å². The third-order valence-corrected chi connectivity index (χ3v) is 2.60. The van der Waals surface area contributed by atoms with E-state index in [9.17, 15) is 9.59 Å². The summed E-state index contributed by atoms with van der Waals surface area (Å²) in [5, 5.41) is 13.6. The number of ether oxygens (including phenoxy) is 1. The number of carbonyl (C=O) groups excluding carboxylic acids is 1. The zero-order chi connectivity index (χ0) is 14.4. The van der Waals surface area contributed by atoms with Crippen molar-refractivity contribution in [2.24, 2.45) is 0 Å². The second-order valence-electron chi connectivity index (χ2n) is 4.16. The number of rotatable bonds is 5. The molecule has 0 heterocycles. The molecular formula is C13H18N2O4. The standard InChI is InChI=1S/C13H18N2O4/c1-8-6-10(9(2)11(7-8)19-3)15-13(18)14-5-4-12(16)17/h6-7H,4-5H2,1-3H3,(H,16,17)(H2,14,15,18). The third-order valence-electron chi connectivity index (χ3n) is 2.60. The smallest absolute Gasteiger partial charge is 0.319 e. The Morgan fingerprint density at radius 3 is 2.58 bits per heavy atom. The number of nitrogens with one attached hydrogen (secondary N) is 2. The van der Waals surface area contributed by atoms with Crippen molar-refractivity contribution in [1.29, 1.82) is 0 Å². The van der Waals surface area contributed by atoms with Gasteiger partial charge in [-0.05, 0) is 31.5 Å². The van der Waals surface area contributed by atoms with Gasteiger partial charge in [0, 0.05) is 17.8 Å². The number of carboxylic acids is 1. The number of methoxy groups -OCH3 is 1. The molecule has 0 aliphatic heterocycles. The number of anilines is 1. The summed E-state index contributed by atoms with van der Waals surface area (Å²) in [7, 11) is 1.57. The third kappa shape index (κ3) is 4.50. The van der Waals surface area contributed by atoms with Crippen LogP contribution in [0.25, 0.3) is 0 Å². The fourth-order valence-electron chi connectivity index (χ4n) is 1.62. The molecule has 0 unspecified atom stereocenters. The molecule has 19 heavy (non-hydrogen) atoms. The predicted molar refractivity (Wildman–Crippen MR) is 71.7 cm³/mol. The lowest BCUT2D eigenvalue weighted by Crippen LogP contribution is -2.30. The summed E-state index contributed by atoms with van der Waals surface area (Å²) in [5.41, 5.74) is 2.43. The predicted octanol–water partition coefficient (Wildman–Crippen LogP) is 1.91. The lowest BCUT2D eigenvalue weighted by atomic mass is 10.1. The molecule has 0 aromatic heterocycles.